The van der Waals surface area contributed by atoms with E-state index in [0.717, 1.165) is 10.7 Å². The fourth-order valence-corrected chi connectivity index (χ4v) is 1.72. The van der Waals surface area contributed by atoms with Crippen LogP contribution in [0.2, 0.25) is 0 Å². The van der Waals surface area contributed by atoms with Gasteiger partial charge in [0.2, 0.25) is 0 Å². The van der Waals surface area contributed by atoms with Crippen LogP contribution < -0.4 is 20.4 Å². The van der Waals surface area contributed by atoms with Gasteiger partial charge in [0.05, 0.1) is 11.9 Å². The van der Waals surface area contributed by atoms with Crippen LogP contribution in [0, 0.1) is 0 Å². The molecule has 122 valence electrons. The van der Waals surface area contributed by atoms with Crippen molar-refractivity contribution in [3.63, 3.8) is 0 Å². The second kappa shape index (κ2) is 7.63. The Hall–Kier alpha value is -2.31. The molecule has 4 amide bonds. The quantitative estimate of drug-likeness (QED) is 0.894. The maximum atomic E-state index is 12.3. The Balaban J connectivity index is 3.08. The van der Waals surface area contributed by atoms with Gasteiger partial charge in [-0.05, 0) is 39.8 Å². The van der Waals surface area contributed by atoms with Crippen molar-refractivity contribution in [1.29, 1.82) is 0 Å². The number of imide groups is 1. The van der Waals surface area contributed by atoms with Crippen LogP contribution in [0.15, 0.2) is 18.3 Å². The van der Waals surface area contributed by atoms with Crippen LogP contribution in [0.4, 0.5) is 21.1 Å². The summed E-state index contributed by atoms with van der Waals surface area (Å²) in [6.07, 6.45) is 1.51. The van der Waals surface area contributed by atoms with Crippen LogP contribution >= 0.6 is 0 Å². The van der Waals surface area contributed by atoms with Crippen molar-refractivity contribution in [2.75, 3.05) is 23.9 Å². The van der Waals surface area contributed by atoms with Crippen LogP contribution in [0.5, 0.6) is 0 Å². The van der Waals surface area contributed by atoms with Crippen molar-refractivity contribution in [3.8, 4) is 0 Å². The molecule has 7 nitrogen and oxygen atoms in total. The average Bonchev–Trinajstić information content (AvgIpc) is 2.37. The molecule has 22 heavy (non-hydrogen) atoms. The van der Waals surface area contributed by atoms with Crippen molar-refractivity contribution in [3.05, 3.63) is 18.3 Å². The number of aromatic nitrogens is 1. The summed E-state index contributed by atoms with van der Waals surface area (Å²) in [5.74, 6) is 0.747. The molecule has 1 heterocycles. The van der Waals surface area contributed by atoms with E-state index in [4.69, 9.17) is 0 Å². The second-order valence-corrected chi connectivity index (χ2v) is 5.81. The molecule has 0 aliphatic heterocycles. The van der Waals surface area contributed by atoms with Gasteiger partial charge in [-0.25, -0.2) is 19.5 Å². The van der Waals surface area contributed by atoms with Gasteiger partial charge in [0, 0.05) is 26.2 Å². The lowest BCUT2D eigenvalue weighted by atomic mass is 10.3. The van der Waals surface area contributed by atoms with Gasteiger partial charge in [-0.15, -0.1) is 0 Å². The normalized spacial score (nSPS) is 10.5. The number of anilines is 2. The Labute approximate surface area is 131 Å². The van der Waals surface area contributed by atoms with E-state index in [1.54, 1.807) is 12.1 Å². The number of nitrogens with zero attached hydrogens (tertiary/aromatic N) is 3. The summed E-state index contributed by atoms with van der Waals surface area (Å²) < 4.78 is 0. The molecule has 0 atom stereocenters. The molecule has 0 fully saturated rings. The van der Waals surface area contributed by atoms with E-state index in [-0.39, 0.29) is 12.1 Å². The van der Waals surface area contributed by atoms with Crippen LogP contribution in [0.3, 0.4) is 0 Å². The van der Waals surface area contributed by atoms with Crippen molar-refractivity contribution in [1.82, 2.24) is 15.6 Å². The average molecular weight is 307 g/mol. The Morgan fingerprint density at radius 2 is 1.50 bits per heavy atom. The number of urea groups is 2. The molecule has 7 heteroatoms. The highest BCUT2D eigenvalue weighted by molar-refractivity contribution is 6.13. The third-order valence-corrected chi connectivity index (χ3v) is 2.68. The molecule has 0 aliphatic carbocycles. The smallest absolute Gasteiger partial charge is 0.330 e. The van der Waals surface area contributed by atoms with E-state index in [9.17, 15) is 9.59 Å². The fraction of sp³-hybridized carbons (Fsp3) is 0.533. The summed E-state index contributed by atoms with van der Waals surface area (Å²) in [4.78, 5) is 31.8. The highest BCUT2D eigenvalue weighted by atomic mass is 16.2. The molecule has 0 bridgehead atoms. The van der Waals surface area contributed by atoms with Gasteiger partial charge < -0.3 is 15.5 Å². The molecule has 1 aromatic rings. The van der Waals surface area contributed by atoms with Crippen LogP contribution in [0.25, 0.3) is 0 Å². The molecule has 0 unspecified atom stereocenters. The minimum atomic E-state index is -0.479. The summed E-state index contributed by atoms with van der Waals surface area (Å²) in [5.41, 5.74) is 0.418. The first kappa shape index (κ1) is 17.7. The number of hydrogen-bond donors (Lipinski definition) is 2. The third kappa shape index (κ3) is 4.91. The molecule has 0 saturated carbocycles. The van der Waals surface area contributed by atoms with Gasteiger partial charge in [0.25, 0.3) is 0 Å². The Bertz CT molecular complexity index is 489. The number of pyridine rings is 1. The van der Waals surface area contributed by atoms with E-state index in [1.807, 2.05) is 46.7 Å². The number of hydrogen-bond acceptors (Lipinski definition) is 4. The second-order valence-electron chi connectivity index (χ2n) is 5.81. The zero-order chi connectivity index (χ0) is 16.9. The zero-order valence-corrected chi connectivity index (χ0v) is 14.0. The molecule has 0 spiro atoms. The number of carbonyl (C=O) groups is 2. The monoisotopic (exact) mass is 307 g/mol. The van der Waals surface area contributed by atoms with Crippen LogP contribution in [-0.2, 0) is 0 Å². The van der Waals surface area contributed by atoms with Crippen molar-refractivity contribution >= 4 is 23.6 Å². The molecule has 2 N–H and O–H groups in total. The standard InChI is InChI=1S/C15H25N5O2/c1-10(2)17-14(21)20(15(22)18-11(3)4)12-7-8-13(16-9-12)19(5)6/h7-11H,1-6H3,(H,17,21)(H,18,22). The molecule has 0 aliphatic rings. The van der Waals surface area contributed by atoms with E-state index >= 15 is 0 Å². The molecule has 1 rings (SSSR count). The summed E-state index contributed by atoms with van der Waals surface area (Å²) in [6, 6.07) is 2.35. The van der Waals surface area contributed by atoms with E-state index in [2.05, 4.69) is 15.6 Å². The molecule has 0 saturated heterocycles. The van der Waals surface area contributed by atoms with Gasteiger partial charge in [-0.2, -0.15) is 0 Å². The van der Waals surface area contributed by atoms with Crippen LogP contribution in [-0.4, -0.2) is 43.2 Å². The van der Waals surface area contributed by atoms with Gasteiger partial charge in [-0.3, -0.25) is 0 Å². The van der Waals surface area contributed by atoms with E-state index < -0.39 is 12.1 Å². The predicted molar refractivity (Wildman–Crippen MR) is 88.4 cm³/mol. The number of amides is 4. The number of rotatable bonds is 4. The van der Waals surface area contributed by atoms with Gasteiger partial charge in [0.1, 0.15) is 5.82 Å². The predicted octanol–water partition coefficient (Wildman–Crippen LogP) is 2.19. The fourth-order valence-electron chi connectivity index (χ4n) is 1.72. The first-order valence-corrected chi connectivity index (χ1v) is 7.27. The lowest BCUT2D eigenvalue weighted by Crippen LogP contribution is -2.51. The lowest BCUT2D eigenvalue weighted by molar-refractivity contribution is 0.232. The zero-order valence-electron chi connectivity index (χ0n) is 14.0. The van der Waals surface area contributed by atoms with Crippen molar-refractivity contribution in [2.45, 2.75) is 39.8 Å². The van der Waals surface area contributed by atoms with Crippen molar-refractivity contribution < 1.29 is 9.59 Å². The first-order valence-electron chi connectivity index (χ1n) is 7.27. The van der Waals surface area contributed by atoms with Gasteiger partial charge in [0.15, 0.2) is 0 Å². The van der Waals surface area contributed by atoms with Gasteiger partial charge in [-0.1, -0.05) is 0 Å². The Morgan fingerprint density at radius 1 is 1.00 bits per heavy atom. The Morgan fingerprint density at radius 3 is 1.82 bits per heavy atom. The lowest BCUT2D eigenvalue weighted by Gasteiger charge is -2.24. The number of carbonyl (C=O) groups excluding carboxylic acids is 2. The highest BCUT2D eigenvalue weighted by Crippen LogP contribution is 2.17. The molecule has 0 radical (unpaired) electrons. The highest BCUT2D eigenvalue weighted by Gasteiger charge is 2.24. The maximum Gasteiger partial charge on any atom is 0.330 e. The summed E-state index contributed by atoms with van der Waals surface area (Å²) >= 11 is 0. The summed E-state index contributed by atoms with van der Waals surface area (Å²) in [7, 11) is 3.74. The molecular formula is C15H25N5O2. The first-order chi connectivity index (χ1) is 10.2. The van der Waals surface area contributed by atoms with Crippen LogP contribution in [0.1, 0.15) is 27.7 Å². The molecular weight excluding hydrogens is 282 g/mol. The van der Waals surface area contributed by atoms with E-state index in [1.165, 1.54) is 6.20 Å². The molecule has 1 aromatic heterocycles. The topological polar surface area (TPSA) is 77.6 Å². The maximum absolute atomic E-state index is 12.3. The number of nitrogens with one attached hydrogen (secondary N) is 2. The summed E-state index contributed by atoms with van der Waals surface area (Å²) in [6.45, 7) is 7.35. The summed E-state index contributed by atoms with van der Waals surface area (Å²) in [5, 5.41) is 5.44. The van der Waals surface area contributed by atoms with Gasteiger partial charge >= 0.3 is 12.1 Å². The van der Waals surface area contributed by atoms with E-state index in [0.29, 0.717) is 5.69 Å². The minimum absolute atomic E-state index is 0.0733. The Kier molecular flexibility index (Phi) is 6.15. The minimum Gasteiger partial charge on any atom is -0.363 e. The molecule has 0 aromatic carbocycles. The largest absolute Gasteiger partial charge is 0.363 e. The van der Waals surface area contributed by atoms with Crippen molar-refractivity contribution in [2.24, 2.45) is 0 Å². The third-order valence-electron chi connectivity index (χ3n) is 2.68. The SMILES string of the molecule is CC(C)NC(=O)N(C(=O)NC(C)C)c1ccc(N(C)C)nc1.